The molecule has 0 saturated carbocycles. The molecule has 0 saturated heterocycles. The molecular weight excluding hydrogens is 263 g/mol. The molecule has 2 aromatic rings. The molecule has 0 spiro atoms. The molecule has 1 N–H and O–H groups in total. The van der Waals surface area contributed by atoms with Crippen LogP contribution < -0.4 is 5.32 Å². The van der Waals surface area contributed by atoms with Crippen molar-refractivity contribution in [3.63, 3.8) is 0 Å². The van der Waals surface area contributed by atoms with Crippen molar-refractivity contribution in [3.05, 3.63) is 18.3 Å². The average Bonchev–Trinajstić information content (AvgIpc) is 2.73. The van der Waals surface area contributed by atoms with Crippen molar-refractivity contribution < 1.29 is 18.0 Å². The van der Waals surface area contributed by atoms with Gasteiger partial charge in [-0.3, -0.25) is 4.79 Å². The zero-order valence-corrected chi connectivity index (χ0v) is 9.90. The maximum Gasteiger partial charge on any atom is 0.405 e. The number of aryl methyl sites for hydroxylation is 1. The van der Waals surface area contributed by atoms with Gasteiger partial charge in [-0.1, -0.05) is 0 Å². The first-order chi connectivity index (χ1) is 8.92. The van der Waals surface area contributed by atoms with E-state index in [0.717, 1.165) is 0 Å². The SMILES string of the molecule is CCn1c(C(=O)NCC(F)(F)F)nc2cncnc21. The summed E-state index contributed by atoms with van der Waals surface area (Å²) in [5.41, 5.74) is 0.774. The van der Waals surface area contributed by atoms with Gasteiger partial charge in [-0.25, -0.2) is 15.0 Å². The molecule has 0 fully saturated rings. The third kappa shape index (κ3) is 2.80. The van der Waals surface area contributed by atoms with Gasteiger partial charge in [-0.05, 0) is 6.92 Å². The lowest BCUT2D eigenvalue weighted by Gasteiger charge is -2.08. The van der Waals surface area contributed by atoms with Gasteiger partial charge in [-0.15, -0.1) is 0 Å². The van der Waals surface area contributed by atoms with Gasteiger partial charge in [0.2, 0.25) is 5.82 Å². The number of hydrogen-bond donors (Lipinski definition) is 1. The van der Waals surface area contributed by atoms with E-state index in [0.29, 0.717) is 17.7 Å². The van der Waals surface area contributed by atoms with Gasteiger partial charge in [0.25, 0.3) is 5.91 Å². The predicted molar refractivity (Wildman–Crippen MR) is 59.4 cm³/mol. The molecule has 9 heteroatoms. The van der Waals surface area contributed by atoms with Crippen molar-refractivity contribution in [3.8, 4) is 0 Å². The summed E-state index contributed by atoms with van der Waals surface area (Å²) in [6, 6.07) is 0. The van der Waals surface area contributed by atoms with Crippen molar-refractivity contribution >= 4 is 17.1 Å². The van der Waals surface area contributed by atoms with Crippen molar-refractivity contribution in [2.75, 3.05) is 6.54 Å². The van der Waals surface area contributed by atoms with Gasteiger partial charge in [-0.2, -0.15) is 13.2 Å². The molecule has 0 unspecified atom stereocenters. The van der Waals surface area contributed by atoms with E-state index in [1.54, 1.807) is 12.2 Å². The molecule has 2 aromatic heterocycles. The molecule has 0 aromatic carbocycles. The molecular formula is C10H10F3N5O. The maximum atomic E-state index is 12.1. The summed E-state index contributed by atoms with van der Waals surface area (Å²) in [5.74, 6) is -1.00. The average molecular weight is 273 g/mol. The van der Waals surface area contributed by atoms with Crippen LogP contribution in [0.15, 0.2) is 12.5 Å². The highest BCUT2D eigenvalue weighted by molar-refractivity contribution is 5.94. The van der Waals surface area contributed by atoms with E-state index in [1.165, 1.54) is 17.1 Å². The van der Waals surface area contributed by atoms with Crippen LogP contribution in [0.4, 0.5) is 13.2 Å². The van der Waals surface area contributed by atoms with E-state index >= 15 is 0 Å². The predicted octanol–water partition coefficient (Wildman–Crippen LogP) is 1.14. The number of alkyl halides is 3. The third-order valence-corrected chi connectivity index (χ3v) is 2.38. The number of hydrogen-bond acceptors (Lipinski definition) is 4. The zero-order valence-electron chi connectivity index (χ0n) is 9.90. The van der Waals surface area contributed by atoms with Gasteiger partial charge in [0.05, 0.1) is 6.20 Å². The van der Waals surface area contributed by atoms with Crippen molar-refractivity contribution in [1.29, 1.82) is 0 Å². The Labute approximate surface area is 105 Å². The molecule has 0 radical (unpaired) electrons. The Morgan fingerprint density at radius 2 is 2.21 bits per heavy atom. The van der Waals surface area contributed by atoms with Crippen molar-refractivity contribution in [2.45, 2.75) is 19.6 Å². The van der Waals surface area contributed by atoms with Crippen molar-refractivity contribution in [1.82, 2.24) is 24.8 Å². The van der Waals surface area contributed by atoms with Crippen LogP contribution in [0.5, 0.6) is 0 Å². The number of halogens is 3. The molecule has 2 rings (SSSR count). The van der Waals surface area contributed by atoms with Gasteiger partial charge in [0.15, 0.2) is 5.65 Å². The van der Waals surface area contributed by atoms with E-state index in [1.807, 2.05) is 0 Å². The summed E-state index contributed by atoms with van der Waals surface area (Å²) < 4.78 is 37.6. The molecule has 1 amide bonds. The lowest BCUT2D eigenvalue weighted by Crippen LogP contribution is -2.35. The minimum absolute atomic E-state index is 0.109. The van der Waals surface area contributed by atoms with Crippen LogP contribution >= 0.6 is 0 Å². The molecule has 19 heavy (non-hydrogen) atoms. The molecule has 102 valence electrons. The first kappa shape index (κ1) is 13.2. The van der Waals surface area contributed by atoms with E-state index in [4.69, 9.17) is 0 Å². The first-order valence-corrected chi connectivity index (χ1v) is 5.43. The number of carbonyl (C=O) groups is 1. The summed E-state index contributed by atoms with van der Waals surface area (Å²) in [4.78, 5) is 23.3. The second kappa shape index (κ2) is 4.82. The normalized spacial score (nSPS) is 11.8. The fraction of sp³-hybridized carbons (Fsp3) is 0.400. The van der Waals surface area contributed by atoms with Gasteiger partial charge < -0.3 is 9.88 Å². The second-order valence-electron chi connectivity index (χ2n) is 3.71. The van der Waals surface area contributed by atoms with Crippen LogP contribution in [0, 0.1) is 0 Å². The van der Waals surface area contributed by atoms with Crippen LogP contribution in [0.3, 0.4) is 0 Å². The topological polar surface area (TPSA) is 72.7 Å². The molecule has 0 aliphatic carbocycles. The minimum Gasteiger partial charge on any atom is -0.340 e. The van der Waals surface area contributed by atoms with Crippen LogP contribution in [-0.4, -0.2) is 38.1 Å². The van der Waals surface area contributed by atoms with Crippen LogP contribution in [0.2, 0.25) is 0 Å². The Morgan fingerprint density at radius 1 is 1.47 bits per heavy atom. The summed E-state index contributed by atoms with van der Waals surface area (Å²) in [6.07, 6.45) is -1.78. The Bertz CT molecular complexity index is 607. The Morgan fingerprint density at radius 3 is 2.84 bits per heavy atom. The lowest BCUT2D eigenvalue weighted by molar-refractivity contribution is -0.123. The highest BCUT2D eigenvalue weighted by atomic mass is 19.4. The highest BCUT2D eigenvalue weighted by Crippen LogP contribution is 2.14. The smallest absolute Gasteiger partial charge is 0.340 e. The number of carbonyl (C=O) groups excluding carboxylic acids is 1. The third-order valence-electron chi connectivity index (χ3n) is 2.38. The molecule has 2 heterocycles. The Hall–Kier alpha value is -2.19. The number of imidazole rings is 1. The molecule has 0 atom stereocenters. The Balaban J connectivity index is 2.31. The molecule has 0 aliphatic rings. The van der Waals surface area contributed by atoms with E-state index in [2.05, 4.69) is 15.0 Å². The maximum absolute atomic E-state index is 12.1. The number of nitrogens with zero attached hydrogens (tertiary/aromatic N) is 4. The molecule has 6 nitrogen and oxygen atoms in total. The number of fused-ring (bicyclic) bond motifs is 1. The largest absolute Gasteiger partial charge is 0.405 e. The monoisotopic (exact) mass is 273 g/mol. The van der Waals surface area contributed by atoms with Crippen LogP contribution in [0.1, 0.15) is 17.5 Å². The van der Waals surface area contributed by atoms with Gasteiger partial charge >= 0.3 is 6.18 Å². The summed E-state index contributed by atoms with van der Waals surface area (Å²) in [7, 11) is 0. The number of amides is 1. The fourth-order valence-corrected chi connectivity index (χ4v) is 1.61. The van der Waals surface area contributed by atoms with E-state index < -0.39 is 18.6 Å². The van der Waals surface area contributed by atoms with E-state index in [-0.39, 0.29) is 5.82 Å². The summed E-state index contributed by atoms with van der Waals surface area (Å²) >= 11 is 0. The van der Waals surface area contributed by atoms with E-state index in [9.17, 15) is 18.0 Å². The lowest BCUT2D eigenvalue weighted by atomic mass is 10.5. The Kier molecular flexibility index (Phi) is 3.36. The standard InChI is InChI=1S/C10H10F3N5O/c1-2-18-7-6(3-14-5-16-7)17-8(18)9(19)15-4-10(11,12)13/h3,5H,2,4H2,1H3,(H,15,19). The first-order valence-electron chi connectivity index (χ1n) is 5.43. The molecule has 0 aliphatic heterocycles. The molecule has 0 bridgehead atoms. The van der Waals surface area contributed by atoms with Crippen molar-refractivity contribution in [2.24, 2.45) is 0 Å². The summed E-state index contributed by atoms with van der Waals surface area (Å²) in [6.45, 7) is 0.705. The van der Waals surface area contributed by atoms with Crippen LogP contribution in [0.25, 0.3) is 11.2 Å². The quantitative estimate of drug-likeness (QED) is 0.910. The summed E-state index contributed by atoms with van der Waals surface area (Å²) in [5, 5.41) is 1.78. The zero-order chi connectivity index (χ0) is 14.0. The highest BCUT2D eigenvalue weighted by Gasteiger charge is 2.29. The number of nitrogens with one attached hydrogen (secondary N) is 1. The van der Waals surface area contributed by atoms with Gasteiger partial charge in [0, 0.05) is 6.54 Å². The minimum atomic E-state index is -4.46. The second-order valence-corrected chi connectivity index (χ2v) is 3.71. The van der Waals surface area contributed by atoms with Crippen LogP contribution in [-0.2, 0) is 6.54 Å². The van der Waals surface area contributed by atoms with Gasteiger partial charge in [0.1, 0.15) is 18.4 Å². The number of aromatic nitrogens is 4. The fourth-order valence-electron chi connectivity index (χ4n) is 1.61. The number of rotatable bonds is 3.